The quantitative estimate of drug-likeness (QED) is 0.660. The Bertz CT molecular complexity index is 768. The van der Waals surface area contributed by atoms with Gasteiger partial charge in [0, 0.05) is 5.56 Å². The highest BCUT2D eigenvalue weighted by Gasteiger charge is 2.08. The van der Waals surface area contributed by atoms with E-state index in [1.54, 1.807) is 28.2 Å². The van der Waals surface area contributed by atoms with Crippen LogP contribution in [-0.4, -0.2) is 10.2 Å². The van der Waals surface area contributed by atoms with Gasteiger partial charge in [0.1, 0.15) is 6.29 Å². The maximum absolute atomic E-state index is 12.2. The molecule has 0 radical (unpaired) electrons. The van der Waals surface area contributed by atoms with Crippen LogP contribution >= 0.6 is 11.5 Å². The Morgan fingerprint density at radius 2 is 1.72 bits per heavy atom. The average molecular weight is 255 g/mol. The van der Waals surface area contributed by atoms with Crippen molar-refractivity contribution in [1.82, 2.24) is 3.96 Å². The molecule has 3 aromatic rings. The lowest BCUT2D eigenvalue weighted by atomic mass is 10.2. The first-order chi connectivity index (χ1) is 8.79. The smallest absolute Gasteiger partial charge is 0.273 e. The first-order valence-corrected chi connectivity index (χ1v) is 6.23. The van der Waals surface area contributed by atoms with Crippen LogP contribution in [-0.2, 0) is 0 Å². The molecule has 0 spiro atoms. The first kappa shape index (κ1) is 10.9. The van der Waals surface area contributed by atoms with Gasteiger partial charge in [-0.1, -0.05) is 23.7 Å². The van der Waals surface area contributed by atoms with Gasteiger partial charge in [-0.15, -0.1) is 0 Å². The molecule has 0 N–H and O–H groups in total. The SMILES string of the molecule is O=Cc1ccc(-n2sc3ccccc3c2=O)cc1. The lowest BCUT2D eigenvalue weighted by molar-refractivity contribution is 0.112. The second kappa shape index (κ2) is 4.23. The van der Waals surface area contributed by atoms with Crippen LogP contribution in [0.5, 0.6) is 0 Å². The molecule has 3 rings (SSSR count). The van der Waals surface area contributed by atoms with Gasteiger partial charge in [0.2, 0.25) is 0 Å². The minimum atomic E-state index is -0.0190. The van der Waals surface area contributed by atoms with Crippen LogP contribution in [0.25, 0.3) is 15.8 Å². The molecule has 88 valence electrons. The number of carbonyl (C=O) groups excluding carboxylic acids is 1. The summed E-state index contributed by atoms with van der Waals surface area (Å²) in [6.45, 7) is 0. The normalized spacial score (nSPS) is 10.7. The lowest BCUT2D eigenvalue weighted by Gasteiger charge is -1.99. The molecule has 1 aromatic heterocycles. The average Bonchev–Trinajstić information content (AvgIpc) is 2.77. The summed E-state index contributed by atoms with van der Waals surface area (Å²) in [5.41, 5.74) is 1.37. The molecule has 0 saturated heterocycles. The molecule has 0 amide bonds. The second-order valence-corrected chi connectivity index (χ2v) is 4.88. The highest BCUT2D eigenvalue weighted by Crippen LogP contribution is 2.19. The van der Waals surface area contributed by atoms with Crippen LogP contribution in [0.1, 0.15) is 10.4 Å². The monoisotopic (exact) mass is 255 g/mol. The molecule has 0 aliphatic carbocycles. The van der Waals surface area contributed by atoms with Crippen molar-refractivity contribution < 1.29 is 4.79 Å². The van der Waals surface area contributed by atoms with E-state index in [1.807, 2.05) is 24.3 Å². The van der Waals surface area contributed by atoms with Gasteiger partial charge in [0.15, 0.2) is 0 Å². The summed E-state index contributed by atoms with van der Waals surface area (Å²) < 4.78 is 2.60. The van der Waals surface area contributed by atoms with E-state index in [4.69, 9.17) is 0 Å². The Morgan fingerprint density at radius 3 is 2.39 bits per heavy atom. The molecule has 18 heavy (non-hydrogen) atoms. The molecular weight excluding hydrogens is 246 g/mol. The number of nitrogens with zero attached hydrogens (tertiary/aromatic N) is 1. The van der Waals surface area contributed by atoms with Crippen LogP contribution in [0.4, 0.5) is 0 Å². The minimum absolute atomic E-state index is 0.0190. The van der Waals surface area contributed by atoms with Gasteiger partial charge >= 0.3 is 0 Å². The van der Waals surface area contributed by atoms with Crippen molar-refractivity contribution in [1.29, 1.82) is 0 Å². The number of rotatable bonds is 2. The molecule has 0 aliphatic heterocycles. The van der Waals surface area contributed by atoms with E-state index in [9.17, 15) is 9.59 Å². The molecule has 0 unspecified atom stereocenters. The summed E-state index contributed by atoms with van der Waals surface area (Å²) in [6, 6.07) is 14.5. The molecule has 0 saturated carbocycles. The van der Waals surface area contributed by atoms with Gasteiger partial charge in [-0.25, -0.2) is 3.96 Å². The number of hydrogen-bond donors (Lipinski definition) is 0. The van der Waals surface area contributed by atoms with Gasteiger partial charge in [0.05, 0.1) is 15.8 Å². The first-order valence-electron chi connectivity index (χ1n) is 5.46. The lowest BCUT2D eigenvalue weighted by Crippen LogP contribution is -2.10. The summed E-state index contributed by atoms with van der Waals surface area (Å²) in [5, 5.41) is 0.724. The molecule has 2 aromatic carbocycles. The maximum Gasteiger partial charge on any atom is 0.273 e. The van der Waals surface area contributed by atoms with Crippen molar-refractivity contribution in [3.63, 3.8) is 0 Å². The van der Waals surface area contributed by atoms with Gasteiger partial charge in [-0.05, 0) is 36.4 Å². The van der Waals surface area contributed by atoms with E-state index in [0.717, 1.165) is 22.1 Å². The van der Waals surface area contributed by atoms with E-state index < -0.39 is 0 Å². The van der Waals surface area contributed by atoms with Gasteiger partial charge in [0.25, 0.3) is 5.56 Å². The number of benzene rings is 2. The van der Waals surface area contributed by atoms with Crippen molar-refractivity contribution >= 4 is 27.9 Å². The number of fused-ring (bicyclic) bond motifs is 1. The summed E-state index contributed by atoms with van der Waals surface area (Å²) in [5.74, 6) is 0. The minimum Gasteiger partial charge on any atom is -0.298 e. The molecule has 3 nitrogen and oxygen atoms in total. The number of carbonyl (C=O) groups is 1. The van der Waals surface area contributed by atoms with Crippen LogP contribution in [0.15, 0.2) is 53.3 Å². The van der Waals surface area contributed by atoms with Crippen molar-refractivity contribution in [3.05, 3.63) is 64.4 Å². The van der Waals surface area contributed by atoms with Crippen molar-refractivity contribution in [2.75, 3.05) is 0 Å². The van der Waals surface area contributed by atoms with Crippen molar-refractivity contribution in [2.45, 2.75) is 0 Å². The summed E-state index contributed by atoms with van der Waals surface area (Å²) in [7, 11) is 0. The third-order valence-corrected chi connectivity index (χ3v) is 3.87. The Kier molecular flexibility index (Phi) is 2.57. The van der Waals surface area contributed by atoms with Gasteiger partial charge in [-0.2, -0.15) is 0 Å². The predicted molar refractivity (Wildman–Crippen MR) is 72.8 cm³/mol. The van der Waals surface area contributed by atoms with E-state index in [1.165, 1.54) is 11.5 Å². The van der Waals surface area contributed by atoms with Crippen LogP contribution in [0.2, 0.25) is 0 Å². The Morgan fingerprint density at radius 1 is 1.00 bits per heavy atom. The highest BCUT2D eigenvalue weighted by molar-refractivity contribution is 7.14. The van der Waals surface area contributed by atoms with Crippen molar-refractivity contribution in [3.8, 4) is 5.69 Å². The Labute approximate surface area is 107 Å². The van der Waals surface area contributed by atoms with E-state index in [0.29, 0.717) is 5.56 Å². The van der Waals surface area contributed by atoms with Crippen LogP contribution in [0, 0.1) is 0 Å². The molecule has 4 heteroatoms. The Balaban J connectivity index is 2.21. The van der Waals surface area contributed by atoms with Crippen LogP contribution < -0.4 is 5.56 Å². The van der Waals surface area contributed by atoms with E-state index in [-0.39, 0.29) is 5.56 Å². The topological polar surface area (TPSA) is 39.1 Å². The largest absolute Gasteiger partial charge is 0.298 e. The third-order valence-electron chi connectivity index (χ3n) is 2.76. The predicted octanol–water partition coefficient (Wildman–Crippen LogP) is 2.86. The zero-order valence-electron chi connectivity index (χ0n) is 9.37. The third kappa shape index (κ3) is 1.67. The molecule has 0 fully saturated rings. The fraction of sp³-hybridized carbons (Fsp3) is 0. The Hall–Kier alpha value is -2.20. The number of aromatic nitrogens is 1. The molecule has 1 heterocycles. The zero-order chi connectivity index (χ0) is 12.5. The second-order valence-electron chi connectivity index (χ2n) is 3.90. The zero-order valence-corrected chi connectivity index (χ0v) is 10.2. The van der Waals surface area contributed by atoms with E-state index >= 15 is 0 Å². The fourth-order valence-electron chi connectivity index (χ4n) is 1.83. The summed E-state index contributed by atoms with van der Waals surface area (Å²) >= 11 is 1.41. The number of aldehydes is 1. The highest BCUT2D eigenvalue weighted by atomic mass is 32.1. The molecule has 0 bridgehead atoms. The van der Waals surface area contributed by atoms with Gasteiger partial charge in [-0.3, -0.25) is 9.59 Å². The van der Waals surface area contributed by atoms with Gasteiger partial charge < -0.3 is 0 Å². The summed E-state index contributed by atoms with van der Waals surface area (Å²) in [6.07, 6.45) is 0.789. The fourth-order valence-corrected chi connectivity index (χ4v) is 2.83. The van der Waals surface area contributed by atoms with Crippen molar-refractivity contribution in [2.24, 2.45) is 0 Å². The summed E-state index contributed by atoms with van der Waals surface area (Å²) in [4.78, 5) is 22.8. The van der Waals surface area contributed by atoms with Crippen LogP contribution in [0.3, 0.4) is 0 Å². The number of hydrogen-bond acceptors (Lipinski definition) is 3. The standard InChI is InChI=1S/C14H9NO2S/c16-9-10-5-7-11(8-6-10)15-14(17)12-3-1-2-4-13(12)18-15/h1-9H. The molecule has 0 atom stereocenters. The maximum atomic E-state index is 12.2. The molecular formula is C14H9NO2S. The van der Waals surface area contributed by atoms with E-state index in [2.05, 4.69) is 0 Å². The molecule has 0 aliphatic rings.